The van der Waals surface area contributed by atoms with Gasteiger partial charge in [-0.15, -0.1) is 0 Å². The average molecular weight is 414 g/mol. The van der Waals surface area contributed by atoms with Crippen molar-refractivity contribution in [2.45, 2.75) is 57.5 Å². The Balaban J connectivity index is 1.95. The van der Waals surface area contributed by atoms with Crippen molar-refractivity contribution in [3.05, 3.63) is 42.0 Å². The molecule has 1 aromatic carbocycles. The molecule has 3 atom stereocenters. The van der Waals surface area contributed by atoms with E-state index < -0.39 is 18.0 Å². The number of rotatable bonds is 11. The van der Waals surface area contributed by atoms with Gasteiger partial charge in [-0.1, -0.05) is 50.1 Å². The molecular weight excluding hydrogens is 382 g/mol. The molecule has 1 aliphatic rings. The maximum absolute atomic E-state index is 12.7. The molecule has 0 radical (unpaired) electrons. The molecule has 0 bridgehead atoms. The molecule has 1 heterocycles. The van der Waals surface area contributed by atoms with E-state index in [0.717, 1.165) is 24.8 Å². The first-order chi connectivity index (χ1) is 14.5. The lowest BCUT2D eigenvalue weighted by molar-refractivity contribution is -0.130. The Hall–Kier alpha value is -2.96. The van der Waals surface area contributed by atoms with Gasteiger partial charge in [-0.3, -0.25) is 14.4 Å². The molecule has 7 heteroatoms. The van der Waals surface area contributed by atoms with Gasteiger partial charge in [-0.2, -0.15) is 0 Å². The number of carbonyl (C=O) groups is 4. The Morgan fingerprint density at radius 1 is 1.23 bits per heavy atom. The fourth-order valence-corrected chi connectivity index (χ4v) is 3.43. The topological polar surface area (TPSA) is 104 Å². The summed E-state index contributed by atoms with van der Waals surface area (Å²) >= 11 is 0. The molecule has 162 valence electrons. The molecule has 1 fully saturated rings. The van der Waals surface area contributed by atoms with Crippen LogP contribution in [0.1, 0.15) is 51.0 Å². The van der Waals surface area contributed by atoms with Gasteiger partial charge in [0, 0.05) is 18.5 Å². The summed E-state index contributed by atoms with van der Waals surface area (Å²) in [7, 11) is 0. The van der Waals surface area contributed by atoms with Crippen molar-refractivity contribution in [3.63, 3.8) is 0 Å². The van der Waals surface area contributed by atoms with Crippen molar-refractivity contribution in [2.75, 3.05) is 6.54 Å². The summed E-state index contributed by atoms with van der Waals surface area (Å²) in [5.41, 5.74) is 0.883. The van der Waals surface area contributed by atoms with Crippen LogP contribution in [0.5, 0.6) is 0 Å². The molecule has 0 aromatic heterocycles. The van der Waals surface area contributed by atoms with Crippen LogP contribution >= 0.6 is 0 Å². The normalized spacial score (nSPS) is 18.3. The average Bonchev–Trinajstić information content (AvgIpc) is 2.76. The number of hydrogen-bond donors (Lipinski definition) is 3. The minimum absolute atomic E-state index is 0.0794. The van der Waals surface area contributed by atoms with Gasteiger partial charge in [0.25, 0.3) is 0 Å². The van der Waals surface area contributed by atoms with E-state index in [1.54, 1.807) is 6.08 Å². The van der Waals surface area contributed by atoms with E-state index in [1.165, 1.54) is 6.08 Å². The maximum Gasteiger partial charge on any atom is 0.244 e. The second-order valence-corrected chi connectivity index (χ2v) is 7.56. The Morgan fingerprint density at radius 3 is 2.67 bits per heavy atom. The third-order valence-corrected chi connectivity index (χ3v) is 5.14. The summed E-state index contributed by atoms with van der Waals surface area (Å²) in [6.07, 6.45) is 7.67. The van der Waals surface area contributed by atoms with Crippen LogP contribution in [-0.4, -0.2) is 42.6 Å². The highest BCUT2D eigenvalue weighted by molar-refractivity contribution is 5.96. The van der Waals surface area contributed by atoms with Crippen LogP contribution < -0.4 is 16.0 Å². The number of piperidine rings is 1. The molecule has 7 nitrogen and oxygen atoms in total. The van der Waals surface area contributed by atoms with E-state index in [2.05, 4.69) is 16.0 Å². The number of benzene rings is 1. The van der Waals surface area contributed by atoms with Crippen molar-refractivity contribution in [2.24, 2.45) is 5.92 Å². The summed E-state index contributed by atoms with van der Waals surface area (Å²) in [6, 6.07) is 7.90. The van der Waals surface area contributed by atoms with Gasteiger partial charge < -0.3 is 20.7 Å². The molecule has 0 spiro atoms. The van der Waals surface area contributed by atoms with Crippen molar-refractivity contribution in [1.29, 1.82) is 0 Å². The fraction of sp³-hybridized carbons (Fsp3) is 0.478. The van der Waals surface area contributed by atoms with Crippen LogP contribution in [0, 0.1) is 5.92 Å². The largest absolute Gasteiger partial charge is 0.356 e. The van der Waals surface area contributed by atoms with Gasteiger partial charge in [0.1, 0.15) is 12.3 Å². The van der Waals surface area contributed by atoms with Crippen molar-refractivity contribution < 1.29 is 19.2 Å². The Morgan fingerprint density at radius 2 is 2.00 bits per heavy atom. The second kappa shape index (κ2) is 12.6. The summed E-state index contributed by atoms with van der Waals surface area (Å²) < 4.78 is 0. The van der Waals surface area contributed by atoms with Crippen molar-refractivity contribution >= 4 is 30.1 Å². The molecule has 2 rings (SSSR count). The number of nitrogens with one attached hydrogen (secondary N) is 3. The van der Waals surface area contributed by atoms with Gasteiger partial charge in [0.15, 0.2) is 0 Å². The van der Waals surface area contributed by atoms with Gasteiger partial charge in [0.2, 0.25) is 17.7 Å². The number of aldehydes is 1. The summed E-state index contributed by atoms with van der Waals surface area (Å²) in [6.45, 7) is 2.65. The Kier molecular flexibility index (Phi) is 9.77. The number of unbranched alkanes of at least 4 members (excludes halogenated alkanes) is 1. The minimum Gasteiger partial charge on any atom is -0.356 e. The van der Waals surface area contributed by atoms with Crippen LogP contribution in [-0.2, 0) is 19.2 Å². The van der Waals surface area contributed by atoms with Crippen molar-refractivity contribution in [3.8, 4) is 0 Å². The van der Waals surface area contributed by atoms with Gasteiger partial charge >= 0.3 is 0 Å². The van der Waals surface area contributed by atoms with Crippen LogP contribution in [0.2, 0.25) is 0 Å². The first-order valence-corrected chi connectivity index (χ1v) is 10.6. The number of carbonyl (C=O) groups excluding carboxylic acids is 4. The van der Waals surface area contributed by atoms with Gasteiger partial charge in [-0.25, -0.2) is 0 Å². The van der Waals surface area contributed by atoms with E-state index in [1.807, 2.05) is 37.3 Å². The van der Waals surface area contributed by atoms with Crippen LogP contribution in [0.25, 0.3) is 6.08 Å². The molecule has 0 unspecified atom stereocenters. The molecule has 3 amide bonds. The molecule has 0 saturated carbocycles. The zero-order valence-corrected chi connectivity index (χ0v) is 17.4. The molecule has 30 heavy (non-hydrogen) atoms. The van der Waals surface area contributed by atoms with Gasteiger partial charge in [-0.05, 0) is 37.3 Å². The minimum atomic E-state index is -0.757. The molecular formula is C23H31N3O4. The van der Waals surface area contributed by atoms with Crippen LogP contribution in [0.4, 0.5) is 0 Å². The number of amides is 3. The smallest absolute Gasteiger partial charge is 0.244 e. The summed E-state index contributed by atoms with van der Waals surface area (Å²) in [5.74, 6) is -1.14. The third kappa shape index (κ3) is 7.81. The molecule has 1 aromatic rings. The highest BCUT2D eigenvalue weighted by Gasteiger charge is 2.28. The Labute approximate surface area is 177 Å². The van der Waals surface area contributed by atoms with Crippen molar-refractivity contribution in [1.82, 2.24) is 16.0 Å². The fourth-order valence-electron chi connectivity index (χ4n) is 3.43. The first kappa shape index (κ1) is 23.3. The lowest BCUT2D eigenvalue weighted by Crippen LogP contribution is -2.51. The van der Waals surface area contributed by atoms with Gasteiger partial charge in [0.05, 0.1) is 6.04 Å². The van der Waals surface area contributed by atoms with E-state index in [0.29, 0.717) is 25.7 Å². The third-order valence-electron chi connectivity index (χ3n) is 5.14. The lowest BCUT2D eigenvalue weighted by Gasteiger charge is -2.25. The number of hydrogen-bond acceptors (Lipinski definition) is 4. The van der Waals surface area contributed by atoms with E-state index in [9.17, 15) is 19.2 Å². The highest BCUT2D eigenvalue weighted by Crippen LogP contribution is 2.17. The van der Waals surface area contributed by atoms with Crippen LogP contribution in [0.15, 0.2) is 36.4 Å². The predicted molar refractivity (Wildman–Crippen MR) is 115 cm³/mol. The zero-order valence-electron chi connectivity index (χ0n) is 17.4. The summed E-state index contributed by atoms with van der Waals surface area (Å²) in [4.78, 5) is 48.5. The van der Waals surface area contributed by atoms with E-state index in [4.69, 9.17) is 0 Å². The summed E-state index contributed by atoms with van der Waals surface area (Å²) in [5, 5.41) is 8.21. The van der Waals surface area contributed by atoms with E-state index >= 15 is 0 Å². The van der Waals surface area contributed by atoms with Crippen LogP contribution in [0.3, 0.4) is 0 Å². The zero-order chi connectivity index (χ0) is 21.8. The second-order valence-electron chi connectivity index (χ2n) is 7.56. The predicted octanol–water partition coefficient (Wildman–Crippen LogP) is 1.97. The monoisotopic (exact) mass is 413 g/mol. The molecule has 1 saturated heterocycles. The lowest BCUT2D eigenvalue weighted by atomic mass is 9.92. The molecule has 3 N–H and O–H groups in total. The highest BCUT2D eigenvalue weighted by atomic mass is 16.2. The maximum atomic E-state index is 12.7. The quantitative estimate of drug-likeness (QED) is 0.381. The van der Waals surface area contributed by atoms with E-state index in [-0.39, 0.29) is 24.2 Å². The Bertz CT molecular complexity index is 748. The molecule has 1 aliphatic heterocycles. The standard InChI is InChI=1S/C23H31N3O4/c1-2-3-11-20(26-21(28)13-12-17-8-5-4-6-9-17)23(30)25-19(16-27)15-18-10-7-14-24-22(18)29/h4-6,8-9,12-13,16,18-20H,2-3,7,10-11,14-15H2,1H3,(H,24,29)(H,25,30)(H,26,28)/b13-12+/t18-,19-,20-/m0/s1. The SMILES string of the molecule is CCCC[C@H](NC(=O)/C=C/c1ccccc1)C(=O)N[C@H](C=O)C[C@@H]1CCCNC1=O. The molecule has 0 aliphatic carbocycles. The first-order valence-electron chi connectivity index (χ1n) is 10.6.